The third-order valence-corrected chi connectivity index (χ3v) is 2.27. The van der Waals surface area contributed by atoms with Crippen LogP contribution in [0.4, 0.5) is 0 Å². The molecule has 0 spiro atoms. The maximum absolute atomic E-state index is 5.48. The SMILES string of the molecule is COC(CCC1CCCO1)OC. The largest absolute Gasteiger partial charge is 0.378 e. The third-order valence-electron chi connectivity index (χ3n) is 2.27. The van der Waals surface area contributed by atoms with Crippen LogP contribution in [0.5, 0.6) is 0 Å². The van der Waals surface area contributed by atoms with Gasteiger partial charge in [0.25, 0.3) is 0 Å². The second-order valence-electron chi connectivity index (χ2n) is 3.11. The van der Waals surface area contributed by atoms with Crippen LogP contribution in [0, 0.1) is 0 Å². The Hall–Kier alpha value is -0.120. The van der Waals surface area contributed by atoms with Crippen LogP contribution in [0.3, 0.4) is 0 Å². The molecule has 1 saturated heterocycles. The highest BCUT2D eigenvalue weighted by molar-refractivity contribution is 4.65. The van der Waals surface area contributed by atoms with Crippen LogP contribution in [0.25, 0.3) is 0 Å². The van der Waals surface area contributed by atoms with Gasteiger partial charge < -0.3 is 14.2 Å². The Bertz CT molecular complexity index is 104. The summed E-state index contributed by atoms with van der Waals surface area (Å²) in [6.07, 6.45) is 4.76. The van der Waals surface area contributed by atoms with Crippen molar-refractivity contribution in [2.24, 2.45) is 0 Å². The Balaban J connectivity index is 2.06. The Morgan fingerprint density at radius 2 is 2.17 bits per heavy atom. The lowest BCUT2D eigenvalue weighted by molar-refractivity contribution is -0.111. The monoisotopic (exact) mass is 174 g/mol. The van der Waals surface area contributed by atoms with Crippen molar-refractivity contribution < 1.29 is 14.2 Å². The molecular formula is C9H18O3. The molecule has 0 aliphatic carbocycles. The van der Waals surface area contributed by atoms with E-state index >= 15 is 0 Å². The molecule has 3 heteroatoms. The van der Waals surface area contributed by atoms with E-state index < -0.39 is 0 Å². The first-order chi connectivity index (χ1) is 5.86. The fraction of sp³-hybridized carbons (Fsp3) is 1.00. The minimum Gasteiger partial charge on any atom is -0.378 e. The van der Waals surface area contributed by atoms with Gasteiger partial charge >= 0.3 is 0 Å². The van der Waals surface area contributed by atoms with E-state index in [1.165, 1.54) is 12.8 Å². The zero-order valence-corrected chi connectivity index (χ0v) is 7.91. The molecule has 1 aliphatic heterocycles. The van der Waals surface area contributed by atoms with E-state index in [9.17, 15) is 0 Å². The van der Waals surface area contributed by atoms with Crippen LogP contribution in [-0.2, 0) is 14.2 Å². The summed E-state index contributed by atoms with van der Waals surface area (Å²) in [5.41, 5.74) is 0. The predicted molar refractivity (Wildman–Crippen MR) is 46.0 cm³/mol. The molecule has 12 heavy (non-hydrogen) atoms. The molecule has 0 amide bonds. The summed E-state index contributed by atoms with van der Waals surface area (Å²) in [5, 5.41) is 0. The predicted octanol–water partition coefficient (Wildman–Crippen LogP) is 1.56. The van der Waals surface area contributed by atoms with Crippen molar-refractivity contribution in [3.8, 4) is 0 Å². The molecule has 0 aromatic carbocycles. The van der Waals surface area contributed by atoms with Gasteiger partial charge in [-0.15, -0.1) is 0 Å². The molecule has 0 radical (unpaired) electrons. The van der Waals surface area contributed by atoms with Crippen molar-refractivity contribution in [1.29, 1.82) is 0 Å². The van der Waals surface area contributed by atoms with E-state index in [2.05, 4.69) is 0 Å². The lowest BCUT2D eigenvalue weighted by Crippen LogP contribution is -2.16. The first-order valence-corrected chi connectivity index (χ1v) is 4.54. The Morgan fingerprint density at radius 3 is 2.67 bits per heavy atom. The lowest BCUT2D eigenvalue weighted by Gasteiger charge is -2.15. The maximum Gasteiger partial charge on any atom is 0.156 e. The van der Waals surface area contributed by atoms with E-state index in [0.29, 0.717) is 6.10 Å². The minimum atomic E-state index is -0.0609. The van der Waals surface area contributed by atoms with Crippen LogP contribution in [0.15, 0.2) is 0 Å². The van der Waals surface area contributed by atoms with Crippen molar-refractivity contribution in [1.82, 2.24) is 0 Å². The molecule has 1 fully saturated rings. The van der Waals surface area contributed by atoms with E-state index in [-0.39, 0.29) is 6.29 Å². The number of hydrogen-bond donors (Lipinski definition) is 0. The number of methoxy groups -OCH3 is 2. The van der Waals surface area contributed by atoms with E-state index in [4.69, 9.17) is 14.2 Å². The molecule has 1 heterocycles. The molecule has 1 unspecified atom stereocenters. The highest BCUT2D eigenvalue weighted by Gasteiger charge is 2.17. The second-order valence-corrected chi connectivity index (χ2v) is 3.11. The summed E-state index contributed by atoms with van der Waals surface area (Å²) in [5.74, 6) is 0. The number of ether oxygens (including phenoxy) is 3. The summed E-state index contributed by atoms with van der Waals surface area (Å²) in [4.78, 5) is 0. The molecule has 0 aromatic rings. The van der Waals surface area contributed by atoms with Crippen molar-refractivity contribution in [2.75, 3.05) is 20.8 Å². The Kier molecular flexibility index (Phi) is 4.58. The molecule has 0 N–H and O–H groups in total. The van der Waals surface area contributed by atoms with Gasteiger partial charge in [-0.25, -0.2) is 0 Å². The van der Waals surface area contributed by atoms with Crippen molar-refractivity contribution >= 4 is 0 Å². The van der Waals surface area contributed by atoms with Crippen LogP contribution in [-0.4, -0.2) is 33.2 Å². The summed E-state index contributed by atoms with van der Waals surface area (Å²) in [7, 11) is 3.34. The highest BCUT2D eigenvalue weighted by Crippen LogP contribution is 2.18. The third kappa shape index (κ3) is 3.09. The molecular weight excluding hydrogens is 156 g/mol. The molecule has 1 aliphatic rings. The molecule has 0 aromatic heterocycles. The number of hydrogen-bond acceptors (Lipinski definition) is 3. The standard InChI is InChI=1S/C9H18O3/c1-10-9(11-2)6-5-8-4-3-7-12-8/h8-9H,3-7H2,1-2H3. The average molecular weight is 174 g/mol. The van der Waals surface area contributed by atoms with Gasteiger partial charge in [-0.3, -0.25) is 0 Å². The molecule has 0 bridgehead atoms. The summed E-state index contributed by atoms with van der Waals surface area (Å²) in [6, 6.07) is 0. The van der Waals surface area contributed by atoms with Crippen LogP contribution >= 0.6 is 0 Å². The van der Waals surface area contributed by atoms with Crippen LogP contribution in [0.1, 0.15) is 25.7 Å². The van der Waals surface area contributed by atoms with Gasteiger partial charge in [-0.2, -0.15) is 0 Å². The Labute approximate surface area is 74.0 Å². The normalized spacial score (nSPS) is 23.8. The van der Waals surface area contributed by atoms with E-state index in [1.807, 2.05) is 0 Å². The van der Waals surface area contributed by atoms with Gasteiger partial charge in [-0.1, -0.05) is 0 Å². The summed E-state index contributed by atoms with van der Waals surface area (Å²) < 4.78 is 15.6. The van der Waals surface area contributed by atoms with Gasteiger partial charge in [-0.05, 0) is 19.3 Å². The topological polar surface area (TPSA) is 27.7 Å². The van der Waals surface area contributed by atoms with Gasteiger partial charge in [0, 0.05) is 27.2 Å². The fourth-order valence-electron chi connectivity index (χ4n) is 1.53. The molecule has 1 rings (SSSR count). The average Bonchev–Trinajstić information content (AvgIpc) is 2.59. The minimum absolute atomic E-state index is 0.0609. The van der Waals surface area contributed by atoms with Gasteiger partial charge in [0.2, 0.25) is 0 Å². The highest BCUT2D eigenvalue weighted by atomic mass is 16.7. The first-order valence-electron chi connectivity index (χ1n) is 4.54. The maximum atomic E-state index is 5.48. The van der Waals surface area contributed by atoms with Gasteiger partial charge in [0.05, 0.1) is 6.10 Å². The smallest absolute Gasteiger partial charge is 0.156 e. The second kappa shape index (κ2) is 5.51. The molecule has 1 atom stereocenters. The summed E-state index contributed by atoms with van der Waals surface area (Å²) in [6.45, 7) is 0.926. The lowest BCUT2D eigenvalue weighted by atomic mass is 10.1. The van der Waals surface area contributed by atoms with E-state index in [1.54, 1.807) is 14.2 Å². The van der Waals surface area contributed by atoms with Crippen molar-refractivity contribution in [3.05, 3.63) is 0 Å². The van der Waals surface area contributed by atoms with Crippen molar-refractivity contribution in [2.45, 2.75) is 38.1 Å². The van der Waals surface area contributed by atoms with Gasteiger partial charge in [0.1, 0.15) is 0 Å². The fourth-order valence-corrected chi connectivity index (χ4v) is 1.53. The van der Waals surface area contributed by atoms with E-state index in [0.717, 1.165) is 19.4 Å². The van der Waals surface area contributed by atoms with Crippen LogP contribution in [0.2, 0.25) is 0 Å². The molecule has 3 nitrogen and oxygen atoms in total. The number of rotatable bonds is 5. The van der Waals surface area contributed by atoms with Gasteiger partial charge in [0.15, 0.2) is 6.29 Å². The quantitative estimate of drug-likeness (QED) is 0.592. The molecule has 0 saturated carbocycles. The van der Waals surface area contributed by atoms with Crippen molar-refractivity contribution in [3.63, 3.8) is 0 Å². The van der Waals surface area contributed by atoms with Crippen LogP contribution < -0.4 is 0 Å². The zero-order chi connectivity index (χ0) is 8.81. The zero-order valence-electron chi connectivity index (χ0n) is 7.91. The first kappa shape index (κ1) is 9.96. The molecule has 72 valence electrons. The summed E-state index contributed by atoms with van der Waals surface area (Å²) >= 11 is 0. The Morgan fingerprint density at radius 1 is 1.42 bits per heavy atom.